The minimum Gasteiger partial charge on any atom is -0.386 e. The average Bonchev–Trinajstić information content (AvgIpc) is 2.71. The zero-order chi connectivity index (χ0) is 22.3. The van der Waals surface area contributed by atoms with E-state index >= 15 is 0 Å². The number of pyridine rings is 1. The van der Waals surface area contributed by atoms with Gasteiger partial charge in [0.2, 0.25) is 5.91 Å². The Morgan fingerprint density at radius 2 is 1.87 bits per heavy atom. The second kappa shape index (κ2) is 10.1. The molecule has 0 spiro atoms. The number of anilines is 2. The zero-order valence-electron chi connectivity index (χ0n) is 17.0. The van der Waals surface area contributed by atoms with Crippen LogP contribution in [0.3, 0.4) is 0 Å². The molecule has 0 aliphatic carbocycles. The molecule has 2 N–H and O–H groups in total. The lowest BCUT2D eigenvalue weighted by Crippen LogP contribution is -2.25. The number of aromatic nitrogens is 1. The minimum absolute atomic E-state index is 0.109. The summed E-state index contributed by atoms with van der Waals surface area (Å²) in [5.74, 6) is -0.735. The lowest BCUT2D eigenvalue weighted by atomic mass is 10.1. The highest BCUT2D eigenvalue weighted by molar-refractivity contribution is 5.92. The maximum absolute atomic E-state index is 13.8. The minimum atomic E-state index is -4.56. The fourth-order valence-electron chi connectivity index (χ4n) is 2.81. The molecular weight excluding hydrogens is 400 g/mol. The molecule has 0 saturated heterocycles. The highest BCUT2D eigenvalue weighted by Gasteiger charge is 2.33. The van der Waals surface area contributed by atoms with Gasteiger partial charge in [0.1, 0.15) is 17.3 Å². The maximum Gasteiger partial charge on any atom is 0.433 e. The van der Waals surface area contributed by atoms with Gasteiger partial charge in [0.25, 0.3) is 0 Å². The maximum atomic E-state index is 13.8. The van der Waals surface area contributed by atoms with Crippen molar-refractivity contribution in [1.29, 1.82) is 0 Å². The van der Waals surface area contributed by atoms with Crippen molar-refractivity contribution in [2.45, 2.75) is 26.6 Å². The first-order valence-electron chi connectivity index (χ1n) is 9.44. The van der Waals surface area contributed by atoms with E-state index in [0.717, 1.165) is 6.07 Å². The van der Waals surface area contributed by atoms with Crippen molar-refractivity contribution < 1.29 is 22.4 Å². The highest BCUT2D eigenvalue weighted by Crippen LogP contribution is 2.31. The molecule has 162 valence electrons. The molecule has 0 aliphatic rings. The molecule has 0 fully saturated rings. The Morgan fingerprint density at radius 3 is 2.43 bits per heavy atom. The molecule has 1 aromatic carbocycles. The first kappa shape index (κ1) is 23.2. The van der Waals surface area contributed by atoms with Crippen molar-refractivity contribution in [3.05, 3.63) is 59.0 Å². The summed E-state index contributed by atoms with van der Waals surface area (Å²) >= 11 is 0. The van der Waals surface area contributed by atoms with Gasteiger partial charge in [0.05, 0.1) is 5.69 Å². The molecule has 0 aliphatic heterocycles. The van der Waals surface area contributed by atoms with Crippen molar-refractivity contribution in [3.63, 3.8) is 0 Å². The van der Waals surface area contributed by atoms with Crippen molar-refractivity contribution in [1.82, 2.24) is 10.3 Å². The fourth-order valence-corrected chi connectivity index (χ4v) is 2.81. The van der Waals surface area contributed by atoms with Crippen molar-refractivity contribution in [3.8, 4) is 0 Å². The van der Waals surface area contributed by atoms with Crippen LogP contribution in [0.5, 0.6) is 0 Å². The van der Waals surface area contributed by atoms with Gasteiger partial charge in [-0.25, -0.2) is 9.37 Å². The number of alkyl halides is 3. The van der Waals surface area contributed by atoms with Crippen LogP contribution < -0.4 is 15.5 Å². The van der Waals surface area contributed by atoms with Crippen LogP contribution in [0.2, 0.25) is 0 Å². The third kappa shape index (κ3) is 5.95. The summed E-state index contributed by atoms with van der Waals surface area (Å²) in [5, 5.41) is 5.33. The lowest BCUT2D eigenvalue weighted by molar-refractivity contribution is -0.141. The third-order valence-corrected chi connectivity index (χ3v) is 4.44. The van der Waals surface area contributed by atoms with E-state index in [1.165, 1.54) is 24.3 Å². The van der Waals surface area contributed by atoms with Gasteiger partial charge in [-0.2, -0.15) is 13.2 Å². The molecule has 30 heavy (non-hydrogen) atoms. The van der Waals surface area contributed by atoms with E-state index in [-0.39, 0.29) is 12.4 Å². The Balaban J connectivity index is 2.15. The SMILES string of the molecule is CCN(CC)c1nc(C(F)(F)F)ccc1/C=C/C(=O)NCc1ccc(NC)c(F)c1. The summed E-state index contributed by atoms with van der Waals surface area (Å²) in [7, 11) is 1.60. The van der Waals surface area contributed by atoms with Gasteiger partial charge in [0, 0.05) is 38.3 Å². The van der Waals surface area contributed by atoms with E-state index in [9.17, 15) is 22.4 Å². The van der Waals surface area contributed by atoms with Crippen molar-refractivity contribution in [2.75, 3.05) is 30.4 Å². The third-order valence-electron chi connectivity index (χ3n) is 4.44. The zero-order valence-corrected chi connectivity index (χ0v) is 17.0. The molecule has 0 saturated carbocycles. The first-order chi connectivity index (χ1) is 14.2. The number of hydrogen-bond donors (Lipinski definition) is 2. The summed E-state index contributed by atoms with van der Waals surface area (Å²) in [4.78, 5) is 17.6. The van der Waals surface area contributed by atoms with Crippen molar-refractivity contribution >= 4 is 23.5 Å². The molecule has 9 heteroatoms. The molecule has 1 heterocycles. The largest absolute Gasteiger partial charge is 0.433 e. The Morgan fingerprint density at radius 1 is 1.17 bits per heavy atom. The average molecular weight is 424 g/mol. The number of carbonyl (C=O) groups excluding carboxylic acids is 1. The molecule has 0 unspecified atom stereocenters. The van der Waals surface area contributed by atoms with Gasteiger partial charge in [-0.3, -0.25) is 4.79 Å². The first-order valence-corrected chi connectivity index (χ1v) is 9.44. The predicted octanol–water partition coefficient (Wildman–Crippen LogP) is 4.46. The molecule has 1 aromatic heterocycles. The number of nitrogens with one attached hydrogen (secondary N) is 2. The van der Waals surface area contributed by atoms with Crippen LogP contribution in [0.25, 0.3) is 6.08 Å². The summed E-state index contributed by atoms with van der Waals surface area (Å²) in [6, 6.07) is 6.73. The number of rotatable bonds is 8. The standard InChI is InChI=1S/C21H24F4N4O/c1-4-29(5-2)20-15(7-10-18(28-20)21(23,24)25)8-11-19(30)27-13-14-6-9-17(26-3)16(22)12-14/h6-12,26H,4-5,13H2,1-3H3,(H,27,30)/b11-8+. The topological polar surface area (TPSA) is 57.3 Å². The number of amides is 1. The predicted molar refractivity (Wildman–Crippen MR) is 110 cm³/mol. The summed E-state index contributed by atoms with van der Waals surface area (Å²) in [5.41, 5.74) is 0.335. The number of benzene rings is 1. The molecular formula is C21H24F4N4O. The second-order valence-corrected chi connectivity index (χ2v) is 6.39. The van der Waals surface area contributed by atoms with Gasteiger partial charge in [-0.1, -0.05) is 6.07 Å². The van der Waals surface area contributed by atoms with Crippen LogP contribution in [-0.2, 0) is 17.5 Å². The van der Waals surface area contributed by atoms with Crippen LogP contribution >= 0.6 is 0 Å². The Bertz CT molecular complexity index is 908. The van der Waals surface area contributed by atoms with Gasteiger partial charge in [0.15, 0.2) is 0 Å². The van der Waals surface area contributed by atoms with Crippen LogP contribution in [0, 0.1) is 5.82 Å². The monoisotopic (exact) mass is 424 g/mol. The van der Waals surface area contributed by atoms with Crippen LogP contribution in [0.1, 0.15) is 30.7 Å². The Labute approximate surface area is 172 Å². The van der Waals surface area contributed by atoms with E-state index in [4.69, 9.17) is 0 Å². The number of carbonyl (C=O) groups is 1. The van der Waals surface area contributed by atoms with E-state index in [2.05, 4.69) is 15.6 Å². The molecule has 2 rings (SSSR count). The Kier molecular flexibility index (Phi) is 7.79. The van der Waals surface area contributed by atoms with E-state index in [1.54, 1.807) is 24.1 Å². The summed E-state index contributed by atoms with van der Waals surface area (Å²) < 4.78 is 52.9. The van der Waals surface area contributed by atoms with Crippen LogP contribution in [0.15, 0.2) is 36.4 Å². The molecule has 1 amide bonds. The van der Waals surface area contributed by atoms with E-state index in [1.807, 2.05) is 13.8 Å². The number of halogens is 4. The van der Waals surface area contributed by atoms with Gasteiger partial charge < -0.3 is 15.5 Å². The smallest absolute Gasteiger partial charge is 0.386 e. The molecule has 2 aromatic rings. The summed E-state index contributed by atoms with van der Waals surface area (Å²) in [6.07, 6.45) is -1.92. The number of nitrogens with zero attached hydrogens (tertiary/aromatic N) is 2. The molecule has 5 nitrogen and oxygen atoms in total. The highest BCUT2D eigenvalue weighted by atomic mass is 19.4. The van der Waals surface area contributed by atoms with Crippen LogP contribution in [-0.4, -0.2) is 31.0 Å². The number of hydrogen-bond acceptors (Lipinski definition) is 4. The van der Waals surface area contributed by atoms with Gasteiger partial charge in [-0.05, 0) is 49.8 Å². The molecule has 0 radical (unpaired) electrons. The molecule has 0 bridgehead atoms. The van der Waals surface area contributed by atoms with Gasteiger partial charge >= 0.3 is 6.18 Å². The van der Waals surface area contributed by atoms with E-state index in [0.29, 0.717) is 29.9 Å². The second-order valence-electron chi connectivity index (χ2n) is 6.39. The lowest BCUT2D eigenvalue weighted by Gasteiger charge is -2.23. The van der Waals surface area contributed by atoms with E-state index < -0.39 is 23.6 Å². The fraction of sp³-hybridized carbons (Fsp3) is 0.333. The van der Waals surface area contributed by atoms with Crippen LogP contribution in [0.4, 0.5) is 29.1 Å². The quantitative estimate of drug-likeness (QED) is 0.485. The molecule has 0 atom stereocenters. The normalized spacial score (nSPS) is 11.6. The Hall–Kier alpha value is -3.10. The van der Waals surface area contributed by atoms with Gasteiger partial charge in [-0.15, -0.1) is 0 Å². The summed E-state index contributed by atoms with van der Waals surface area (Å²) in [6.45, 7) is 4.66. The van der Waals surface area contributed by atoms with Crippen molar-refractivity contribution in [2.24, 2.45) is 0 Å².